The molecule has 1 fully saturated rings. The Morgan fingerprint density at radius 3 is 2.66 bits per heavy atom. The van der Waals surface area contributed by atoms with Crippen molar-refractivity contribution in [2.45, 2.75) is 63.1 Å². The maximum Gasteiger partial charge on any atom is 0.191 e. The fraction of sp³-hybridized carbons (Fsp3) is 0.591. The van der Waals surface area contributed by atoms with Gasteiger partial charge in [0.25, 0.3) is 0 Å². The van der Waals surface area contributed by atoms with E-state index in [4.69, 9.17) is 4.99 Å². The third-order valence-electron chi connectivity index (χ3n) is 5.33. The third-order valence-corrected chi connectivity index (χ3v) is 5.97. The van der Waals surface area contributed by atoms with Crippen LogP contribution in [-0.2, 0) is 12.8 Å². The van der Waals surface area contributed by atoms with E-state index in [1.807, 2.05) is 0 Å². The molecule has 3 rings (SSSR count). The topological polar surface area (TPSA) is 67.1 Å². The number of hydrogen-bond acceptors (Lipinski definition) is 4. The molecule has 7 heteroatoms. The molecular formula is C22H34N6S. The van der Waals surface area contributed by atoms with Crippen molar-refractivity contribution in [1.29, 1.82) is 0 Å². The van der Waals surface area contributed by atoms with Crippen LogP contribution < -0.4 is 10.6 Å². The molecule has 29 heavy (non-hydrogen) atoms. The fourth-order valence-corrected chi connectivity index (χ4v) is 4.46. The van der Waals surface area contributed by atoms with E-state index >= 15 is 0 Å². The van der Waals surface area contributed by atoms with E-state index in [-0.39, 0.29) is 0 Å². The summed E-state index contributed by atoms with van der Waals surface area (Å²) >= 11 is 1.70. The molecule has 1 heterocycles. The number of aryl methyl sites for hydroxylation is 1. The first-order valence-electron chi connectivity index (χ1n) is 10.9. The molecule has 0 saturated heterocycles. The van der Waals surface area contributed by atoms with Gasteiger partial charge in [0, 0.05) is 32.1 Å². The largest absolute Gasteiger partial charge is 0.357 e. The Morgan fingerprint density at radius 2 is 1.93 bits per heavy atom. The lowest BCUT2D eigenvalue weighted by Crippen LogP contribution is -2.38. The number of thioether (sulfide) groups is 1. The second kappa shape index (κ2) is 11.9. The molecule has 2 aromatic rings. The SMILES string of the molecule is CCNC(=NCCCc1nnc(SC)n1C1CCCC1)NCCc1ccccc1. The average Bonchev–Trinajstić information content (AvgIpc) is 3.41. The van der Waals surface area contributed by atoms with Gasteiger partial charge < -0.3 is 15.2 Å². The van der Waals surface area contributed by atoms with Crippen molar-refractivity contribution in [3.8, 4) is 0 Å². The predicted octanol–water partition coefficient (Wildman–Crippen LogP) is 3.85. The molecule has 0 spiro atoms. The van der Waals surface area contributed by atoms with Crippen LogP contribution in [0.25, 0.3) is 0 Å². The van der Waals surface area contributed by atoms with Crippen molar-refractivity contribution in [1.82, 2.24) is 25.4 Å². The van der Waals surface area contributed by atoms with Gasteiger partial charge in [-0.3, -0.25) is 4.99 Å². The van der Waals surface area contributed by atoms with Crippen molar-refractivity contribution >= 4 is 17.7 Å². The third kappa shape index (κ3) is 6.49. The first-order valence-corrected chi connectivity index (χ1v) is 12.1. The zero-order valence-electron chi connectivity index (χ0n) is 17.7. The van der Waals surface area contributed by atoms with E-state index in [1.165, 1.54) is 31.2 Å². The minimum absolute atomic E-state index is 0.586. The summed E-state index contributed by atoms with van der Waals surface area (Å²) in [6.45, 7) is 4.63. The summed E-state index contributed by atoms with van der Waals surface area (Å²) < 4.78 is 2.39. The van der Waals surface area contributed by atoms with Crippen LogP contribution in [0.5, 0.6) is 0 Å². The van der Waals surface area contributed by atoms with E-state index in [0.717, 1.165) is 55.8 Å². The molecule has 0 atom stereocenters. The number of hydrogen-bond donors (Lipinski definition) is 2. The van der Waals surface area contributed by atoms with Crippen LogP contribution in [0.3, 0.4) is 0 Å². The summed E-state index contributed by atoms with van der Waals surface area (Å²) in [5.41, 5.74) is 1.34. The Labute approximate surface area is 179 Å². The highest BCUT2D eigenvalue weighted by atomic mass is 32.2. The summed E-state index contributed by atoms with van der Waals surface area (Å²) in [7, 11) is 0. The Hall–Kier alpha value is -2.02. The number of guanidine groups is 1. The molecule has 0 unspecified atom stereocenters. The fourth-order valence-electron chi connectivity index (χ4n) is 3.89. The van der Waals surface area contributed by atoms with Gasteiger partial charge in [-0.2, -0.15) is 0 Å². The molecule has 0 amide bonds. The summed E-state index contributed by atoms with van der Waals surface area (Å²) in [5, 5.41) is 16.7. The molecule has 0 aliphatic heterocycles. The van der Waals surface area contributed by atoms with Crippen LogP contribution >= 0.6 is 11.8 Å². The number of aliphatic imine (C=N–C) groups is 1. The van der Waals surface area contributed by atoms with E-state index in [1.54, 1.807) is 11.8 Å². The zero-order chi connectivity index (χ0) is 20.3. The lowest BCUT2D eigenvalue weighted by atomic mass is 10.1. The number of rotatable bonds is 10. The van der Waals surface area contributed by atoms with E-state index in [2.05, 4.69) is 68.9 Å². The van der Waals surface area contributed by atoms with Crippen LogP contribution in [0.1, 0.15) is 56.5 Å². The summed E-state index contributed by atoms with van der Waals surface area (Å²) in [5.74, 6) is 2.02. The molecule has 1 aliphatic carbocycles. The van der Waals surface area contributed by atoms with Crippen LogP contribution in [0.4, 0.5) is 0 Å². The summed E-state index contributed by atoms with van der Waals surface area (Å²) in [6, 6.07) is 11.1. The molecule has 158 valence electrons. The minimum Gasteiger partial charge on any atom is -0.357 e. The molecule has 6 nitrogen and oxygen atoms in total. The van der Waals surface area contributed by atoms with Gasteiger partial charge in [0.1, 0.15) is 5.82 Å². The number of benzene rings is 1. The van der Waals surface area contributed by atoms with Crippen molar-refractivity contribution < 1.29 is 0 Å². The second-order valence-electron chi connectivity index (χ2n) is 7.44. The van der Waals surface area contributed by atoms with Crippen LogP contribution in [0.15, 0.2) is 40.5 Å². The van der Waals surface area contributed by atoms with Gasteiger partial charge in [-0.15, -0.1) is 10.2 Å². The minimum atomic E-state index is 0.586. The standard InChI is InChI=1S/C22H34N6S/c1-3-23-21(25-17-15-18-10-5-4-6-11-18)24-16-9-14-20-26-27-22(29-2)28(20)19-12-7-8-13-19/h4-6,10-11,19H,3,7-9,12-17H2,1-2H3,(H2,23,24,25). The number of nitrogens with one attached hydrogen (secondary N) is 2. The van der Waals surface area contributed by atoms with Crippen molar-refractivity contribution in [2.24, 2.45) is 4.99 Å². The van der Waals surface area contributed by atoms with Crippen LogP contribution in [-0.4, -0.2) is 46.6 Å². The Balaban J connectivity index is 1.49. The van der Waals surface area contributed by atoms with Gasteiger partial charge in [-0.25, -0.2) is 0 Å². The highest BCUT2D eigenvalue weighted by molar-refractivity contribution is 7.98. The van der Waals surface area contributed by atoms with E-state index in [0.29, 0.717) is 6.04 Å². The lowest BCUT2D eigenvalue weighted by Gasteiger charge is -2.16. The Bertz CT molecular complexity index is 752. The summed E-state index contributed by atoms with van der Waals surface area (Å²) in [6.07, 6.45) is 10.1. The lowest BCUT2D eigenvalue weighted by molar-refractivity contribution is 0.461. The molecular weight excluding hydrogens is 380 g/mol. The zero-order valence-corrected chi connectivity index (χ0v) is 18.5. The maximum atomic E-state index is 4.75. The van der Waals surface area contributed by atoms with Gasteiger partial charge in [-0.05, 0) is 44.4 Å². The molecule has 2 N–H and O–H groups in total. The molecule has 0 radical (unpaired) electrons. The van der Waals surface area contributed by atoms with Crippen molar-refractivity contribution in [3.63, 3.8) is 0 Å². The number of aromatic nitrogens is 3. The van der Waals surface area contributed by atoms with Crippen molar-refractivity contribution in [2.75, 3.05) is 25.9 Å². The molecule has 0 bridgehead atoms. The maximum absolute atomic E-state index is 4.75. The van der Waals surface area contributed by atoms with Gasteiger partial charge >= 0.3 is 0 Å². The van der Waals surface area contributed by atoms with Gasteiger partial charge in [0.05, 0.1) is 0 Å². The number of nitrogens with zero attached hydrogens (tertiary/aromatic N) is 4. The van der Waals surface area contributed by atoms with E-state index < -0.39 is 0 Å². The molecule has 1 saturated carbocycles. The Kier molecular flexibility index (Phi) is 8.86. The van der Waals surface area contributed by atoms with Gasteiger partial charge in [0.2, 0.25) is 0 Å². The highest BCUT2D eigenvalue weighted by Gasteiger charge is 2.23. The van der Waals surface area contributed by atoms with E-state index in [9.17, 15) is 0 Å². The van der Waals surface area contributed by atoms with Gasteiger partial charge in [0.15, 0.2) is 11.1 Å². The first-order chi connectivity index (χ1) is 14.3. The highest BCUT2D eigenvalue weighted by Crippen LogP contribution is 2.33. The predicted molar refractivity (Wildman–Crippen MR) is 122 cm³/mol. The monoisotopic (exact) mass is 414 g/mol. The second-order valence-corrected chi connectivity index (χ2v) is 8.21. The normalized spacial score (nSPS) is 15.0. The molecule has 1 aliphatic rings. The molecule has 1 aromatic carbocycles. The summed E-state index contributed by atoms with van der Waals surface area (Å²) in [4.78, 5) is 4.75. The average molecular weight is 415 g/mol. The quantitative estimate of drug-likeness (QED) is 0.268. The first kappa shape index (κ1) is 21.7. The van der Waals surface area contributed by atoms with Crippen molar-refractivity contribution in [3.05, 3.63) is 41.7 Å². The Morgan fingerprint density at radius 1 is 1.14 bits per heavy atom. The van der Waals surface area contributed by atoms with Crippen LogP contribution in [0, 0.1) is 0 Å². The van der Waals surface area contributed by atoms with Crippen LogP contribution in [0.2, 0.25) is 0 Å². The molecule has 1 aromatic heterocycles. The van der Waals surface area contributed by atoms with Gasteiger partial charge in [-0.1, -0.05) is 54.9 Å². The smallest absolute Gasteiger partial charge is 0.191 e.